The van der Waals surface area contributed by atoms with Crippen LogP contribution in [0.2, 0.25) is 0 Å². The van der Waals surface area contributed by atoms with Gasteiger partial charge in [-0.15, -0.1) is 11.3 Å². The van der Waals surface area contributed by atoms with E-state index in [4.69, 9.17) is 0 Å². The lowest BCUT2D eigenvalue weighted by atomic mass is 10.1. The predicted octanol–water partition coefficient (Wildman–Crippen LogP) is 1.22. The first-order valence-corrected chi connectivity index (χ1v) is 7.41. The summed E-state index contributed by atoms with van der Waals surface area (Å²) in [6.07, 6.45) is 1.40. The van der Waals surface area contributed by atoms with Crippen molar-refractivity contribution in [1.29, 1.82) is 0 Å². The van der Waals surface area contributed by atoms with Gasteiger partial charge in [0, 0.05) is 11.6 Å². The van der Waals surface area contributed by atoms with Gasteiger partial charge in [0.05, 0.1) is 17.7 Å². The van der Waals surface area contributed by atoms with E-state index in [9.17, 15) is 14.4 Å². The van der Waals surface area contributed by atoms with Gasteiger partial charge in [-0.05, 0) is 12.1 Å². The molecule has 112 valence electrons. The predicted molar refractivity (Wildman–Crippen MR) is 81.7 cm³/mol. The maximum absolute atomic E-state index is 12.1. The van der Waals surface area contributed by atoms with Crippen LogP contribution >= 0.6 is 11.3 Å². The number of fused-ring (bicyclic) bond motifs is 1. The van der Waals surface area contributed by atoms with Crippen LogP contribution in [-0.2, 0) is 9.59 Å². The number of benzene rings is 1. The summed E-state index contributed by atoms with van der Waals surface area (Å²) >= 11 is 1.28. The third-order valence-electron chi connectivity index (χ3n) is 3.12. The fourth-order valence-electron chi connectivity index (χ4n) is 2.10. The van der Waals surface area contributed by atoms with Crippen molar-refractivity contribution in [2.24, 2.45) is 0 Å². The van der Waals surface area contributed by atoms with Crippen LogP contribution in [0.15, 0.2) is 35.8 Å². The van der Waals surface area contributed by atoms with Gasteiger partial charge in [-0.3, -0.25) is 14.4 Å². The first-order chi connectivity index (χ1) is 10.6. The van der Waals surface area contributed by atoms with Gasteiger partial charge in [-0.2, -0.15) is 0 Å². The molecule has 3 rings (SSSR count). The molecule has 2 heterocycles. The number of carbonyl (C=O) groups is 3. The van der Waals surface area contributed by atoms with Crippen LogP contribution in [-0.4, -0.2) is 28.7 Å². The lowest BCUT2D eigenvalue weighted by Crippen LogP contribution is -2.43. The lowest BCUT2D eigenvalue weighted by Gasteiger charge is -2.13. The molecular formula is C14H12N4O3S. The second kappa shape index (κ2) is 5.94. The summed E-state index contributed by atoms with van der Waals surface area (Å²) in [5.41, 5.74) is 0.812. The third kappa shape index (κ3) is 2.96. The van der Waals surface area contributed by atoms with Crippen LogP contribution in [0.3, 0.4) is 0 Å². The fourth-order valence-corrected chi connectivity index (χ4v) is 2.64. The molecule has 0 unspecified atom stereocenters. The van der Waals surface area contributed by atoms with E-state index in [1.165, 1.54) is 11.3 Å². The molecule has 0 radical (unpaired) electrons. The molecule has 0 saturated carbocycles. The van der Waals surface area contributed by atoms with Crippen LogP contribution < -0.4 is 16.0 Å². The average molecular weight is 316 g/mol. The second-order valence-corrected chi connectivity index (χ2v) is 5.55. The fraction of sp³-hybridized carbons (Fsp3) is 0.143. The number of hydrogen-bond donors (Lipinski definition) is 3. The Kier molecular flexibility index (Phi) is 3.84. The molecule has 0 saturated heterocycles. The number of nitrogens with zero attached hydrogens (tertiary/aromatic N) is 1. The molecule has 22 heavy (non-hydrogen) atoms. The molecule has 1 aliphatic heterocycles. The summed E-state index contributed by atoms with van der Waals surface area (Å²) in [4.78, 5) is 40.1. The molecule has 0 aliphatic carbocycles. The molecule has 1 aromatic heterocycles. The van der Waals surface area contributed by atoms with Crippen LogP contribution in [0.5, 0.6) is 0 Å². The molecular weight excluding hydrogens is 304 g/mol. The number of thiazole rings is 1. The van der Waals surface area contributed by atoms with Gasteiger partial charge < -0.3 is 16.0 Å². The van der Waals surface area contributed by atoms with Crippen LogP contribution in [0.25, 0.3) is 0 Å². The van der Waals surface area contributed by atoms with Gasteiger partial charge in [0.1, 0.15) is 6.04 Å². The molecule has 0 bridgehead atoms. The van der Waals surface area contributed by atoms with E-state index in [2.05, 4.69) is 20.9 Å². The van der Waals surface area contributed by atoms with Gasteiger partial charge in [-0.1, -0.05) is 12.1 Å². The minimum atomic E-state index is -0.931. The molecule has 1 atom stereocenters. The number of hydrogen-bond acceptors (Lipinski definition) is 5. The van der Waals surface area contributed by atoms with Gasteiger partial charge in [-0.25, -0.2) is 4.98 Å². The second-order valence-electron chi connectivity index (χ2n) is 4.65. The van der Waals surface area contributed by atoms with E-state index >= 15 is 0 Å². The SMILES string of the molecule is O=C(C[C@@H]1NC(=O)c2ccccc2NC1=O)Nc1nccs1. The van der Waals surface area contributed by atoms with Crippen LogP contribution in [0.1, 0.15) is 16.8 Å². The van der Waals surface area contributed by atoms with Crippen molar-refractivity contribution in [2.75, 3.05) is 10.6 Å². The Bertz CT molecular complexity index is 729. The molecule has 0 spiro atoms. The molecule has 3 amide bonds. The first kappa shape index (κ1) is 14.2. The van der Waals surface area contributed by atoms with E-state index in [0.29, 0.717) is 16.4 Å². The largest absolute Gasteiger partial charge is 0.340 e. The summed E-state index contributed by atoms with van der Waals surface area (Å²) < 4.78 is 0. The van der Waals surface area contributed by atoms with Gasteiger partial charge >= 0.3 is 0 Å². The van der Waals surface area contributed by atoms with E-state index in [-0.39, 0.29) is 18.2 Å². The van der Waals surface area contributed by atoms with Gasteiger partial charge in [0.2, 0.25) is 11.8 Å². The minimum Gasteiger partial charge on any atom is -0.340 e. The zero-order valence-corrected chi connectivity index (χ0v) is 12.1. The Morgan fingerprint density at radius 3 is 2.91 bits per heavy atom. The number of nitrogens with one attached hydrogen (secondary N) is 3. The molecule has 1 aromatic carbocycles. The molecule has 0 fully saturated rings. The monoisotopic (exact) mass is 316 g/mol. The topological polar surface area (TPSA) is 100 Å². The first-order valence-electron chi connectivity index (χ1n) is 6.53. The number of amides is 3. The lowest BCUT2D eigenvalue weighted by molar-refractivity contribution is -0.122. The molecule has 3 N–H and O–H groups in total. The van der Waals surface area contributed by atoms with Gasteiger partial charge in [0.25, 0.3) is 5.91 Å². The highest BCUT2D eigenvalue weighted by Crippen LogP contribution is 2.19. The van der Waals surface area contributed by atoms with Crippen molar-refractivity contribution in [3.8, 4) is 0 Å². The Labute approximate surface area is 129 Å². The summed E-state index contributed by atoms with van der Waals surface area (Å²) in [6.45, 7) is 0. The molecule has 1 aliphatic rings. The quantitative estimate of drug-likeness (QED) is 0.792. The number of aromatic nitrogens is 1. The normalized spacial score (nSPS) is 17.0. The van der Waals surface area contributed by atoms with Crippen molar-refractivity contribution in [2.45, 2.75) is 12.5 Å². The van der Waals surface area contributed by atoms with E-state index < -0.39 is 11.9 Å². The highest BCUT2D eigenvalue weighted by atomic mass is 32.1. The van der Waals surface area contributed by atoms with Crippen molar-refractivity contribution in [3.63, 3.8) is 0 Å². The standard InChI is InChI=1S/C14H12N4O3S/c19-11(18-14-15-5-6-22-14)7-10-13(21)16-9-4-2-1-3-8(9)12(20)17-10/h1-6,10H,7H2,(H,16,21)(H,17,20)(H,15,18,19)/t10-/m0/s1. The number of anilines is 2. The van der Waals surface area contributed by atoms with Crippen LogP contribution in [0, 0.1) is 0 Å². The highest BCUT2D eigenvalue weighted by Gasteiger charge is 2.29. The zero-order valence-electron chi connectivity index (χ0n) is 11.3. The average Bonchev–Trinajstić information content (AvgIpc) is 2.95. The highest BCUT2D eigenvalue weighted by molar-refractivity contribution is 7.13. The zero-order chi connectivity index (χ0) is 15.5. The summed E-state index contributed by atoms with van der Waals surface area (Å²) in [7, 11) is 0. The van der Waals surface area contributed by atoms with E-state index in [1.54, 1.807) is 35.8 Å². The summed E-state index contributed by atoms with van der Waals surface area (Å²) in [5, 5.41) is 9.98. The number of carbonyl (C=O) groups excluding carboxylic acids is 3. The minimum absolute atomic E-state index is 0.162. The van der Waals surface area contributed by atoms with E-state index in [0.717, 1.165) is 0 Å². The van der Waals surface area contributed by atoms with Gasteiger partial charge in [0.15, 0.2) is 5.13 Å². The van der Waals surface area contributed by atoms with Crippen LogP contribution in [0.4, 0.5) is 10.8 Å². The summed E-state index contributed by atoms with van der Waals surface area (Å²) in [5.74, 6) is -1.20. The maximum Gasteiger partial charge on any atom is 0.254 e. The Morgan fingerprint density at radius 2 is 2.14 bits per heavy atom. The molecule has 7 nitrogen and oxygen atoms in total. The maximum atomic E-state index is 12.1. The Hall–Kier alpha value is -2.74. The van der Waals surface area contributed by atoms with Crippen molar-refractivity contribution < 1.29 is 14.4 Å². The Morgan fingerprint density at radius 1 is 1.32 bits per heavy atom. The summed E-state index contributed by atoms with van der Waals surface area (Å²) in [6, 6.07) is 5.76. The molecule has 8 heteroatoms. The van der Waals surface area contributed by atoms with Crippen molar-refractivity contribution in [3.05, 3.63) is 41.4 Å². The Balaban J connectivity index is 1.71. The molecule has 2 aromatic rings. The van der Waals surface area contributed by atoms with Crippen molar-refractivity contribution in [1.82, 2.24) is 10.3 Å². The third-order valence-corrected chi connectivity index (χ3v) is 3.81. The number of para-hydroxylation sites is 1. The number of rotatable bonds is 3. The van der Waals surface area contributed by atoms with E-state index in [1.807, 2.05) is 0 Å². The van der Waals surface area contributed by atoms with Crippen molar-refractivity contribution >= 4 is 39.9 Å². The smallest absolute Gasteiger partial charge is 0.254 e.